The molecule has 7 saturated carbocycles. The third-order valence-electron chi connectivity index (χ3n) is 11.4. The number of hydrogen-bond acceptors (Lipinski definition) is 0. The highest BCUT2D eigenvalue weighted by molar-refractivity contribution is 5.42. The summed E-state index contributed by atoms with van der Waals surface area (Å²) in [7, 11) is 0. The summed E-state index contributed by atoms with van der Waals surface area (Å²) < 4.78 is 0. The smallest absolute Gasteiger partial charge is 0.0173 e. The predicted octanol–water partition coefficient (Wildman–Crippen LogP) is 5.85. The van der Waals surface area contributed by atoms with Gasteiger partial charge >= 0.3 is 0 Å². The molecule has 7 rings (SSSR count). The lowest BCUT2D eigenvalue weighted by atomic mass is 9.25. The number of hydrogen-bond donors (Lipinski definition) is 0. The monoisotopic (exact) mass is 282 g/mol. The average molecular weight is 282 g/mol. The van der Waals surface area contributed by atoms with Gasteiger partial charge in [-0.2, -0.15) is 0 Å². The Balaban J connectivity index is 1.53. The normalized spacial score (nSPS) is 44.6. The quantitative estimate of drug-likeness (QED) is 0.522. The molecular weight excluding hydrogens is 252 g/mol. The summed E-state index contributed by atoms with van der Waals surface area (Å²) in [6.07, 6.45) is 24.7. The zero-order valence-corrected chi connectivity index (χ0v) is 13.6. The Hall–Kier alpha value is 0. The van der Waals surface area contributed by atoms with E-state index in [1.165, 1.54) is 0 Å². The third kappa shape index (κ3) is 0.749. The first kappa shape index (κ1) is 11.5. The average Bonchev–Trinajstić information content (AvgIpc) is 3.07. The van der Waals surface area contributed by atoms with Crippen molar-refractivity contribution in [1.29, 1.82) is 0 Å². The van der Waals surface area contributed by atoms with Crippen molar-refractivity contribution in [3.63, 3.8) is 0 Å². The lowest BCUT2D eigenvalue weighted by Gasteiger charge is -2.79. The molecule has 21 heavy (non-hydrogen) atoms. The van der Waals surface area contributed by atoms with Crippen LogP contribution >= 0.6 is 0 Å². The van der Waals surface area contributed by atoms with Crippen molar-refractivity contribution >= 4 is 0 Å². The molecule has 0 nitrogen and oxygen atoms in total. The number of fused-ring (bicyclic) bond motifs is 6. The molecule has 7 aliphatic carbocycles. The van der Waals surface area contributed by atoms with E-state index in [0.717, 1.165) is 32.5 Å². The summed E-state index contributed by atoms with van der Waals surface area (Å²) in [4.78, 5) is 0. The Morgan fingerprint density at radius 1 is 0.238 bits per heavy atom. The molecule has 0 aliphatic heterocycles. The van der Waals surface area contributed by atoms with E-state index in [-0.39, 0.29) is 0 Å². The van der Waals surface area contributed by atoms with Crippen LogP contribution < -0.4 is 0 Å². The van der Waals surface area contributed by atoms with Gasteiger partial charge in [-0.15, -0.1) is 0 Å². The minimum atomic E-state index is 0.884. The van der Waals surface area contributed by atoms with Crippen molar-refractivity contribution in [2.24, 2.45) is 32.5 Å². The molecule has 0 N–H and O–H groups in total. The van der Waals surface area contributed by atoms with Crippen molar-refractivity contribution in [2.45, 2.75) is 96.3 Å². The molecule has 0 heterocycles. The molecular formula is C21H30. The van der Waals surface area contributed by atoms with Gasteiger partial charge < -0.3 is 0 Å². The van der Waals surface area contributed by atoms with Crippen molar-refractivity contribution in [3.8, 4) is 0 Å². The van der Waals surface area contributed by atoms with Gasteiger partial charge in [0.05, 0.1) is 0 Å². The van der Waals surface area contributed by atoms with Crippen molar-refractivity contribution < 1.29 is 0 Å². The van der Waals surface area contributed by atoms with Gasteiger partial charge in [0.1, 0.15) is 0 Å². The maximum atomic E-state index is 1.66. The van der Waals surface area contributed by atoms with E-state index in [4.69, 9.17) is 0 Å². The lowest BCUT2D eigenvalue weighted by Crippen LogP contribution is -2.73. The highest BCUT2D eigenvalue weighted by atomic mass is 15.0. The van der Waals surface area contributed by atoms with Crippen LogP contribution in [0.4, 0.5) is 0 Å². The molecule has 7 aliphatic rings. The fourth-order valence-electron chi connectivity index (χ4n) is 10.5. The van der Waals surface area contributed by atoms with Gasteiger partial charge in [-0.1, -0.05) is 19.3 Å². The van der Waals surface area contributed by atoms with Crippen molar-refractivity contribution in [3.05, 3.63) is 0 Å². The molecule has 7 fully saturated rings. The minimum Gasteiger partial charge on any atom is -0.0522 e. The topological polar surface area (TPSA) is 0 Å². The molecule has 0 saturated heterocycles. The molecule has 0 heteroatoms. The molecule has 0 bridgehead atoms. The molecule has 6 spiro atoms. The second-order valence-corrected chi connectivity index (χ2v) is 10.6. The maximum absolute atomic E-state index is 1.66. The van der Waals surface area contributed by atoms with Gasteiger partial charge in [-0.05, 0) is 110 Å². The van der Waals surface area contributed by atoms with Gasteiger partial charge in [0.25, 0.3) is 0 Å². The molecule has 0 radical (unpaired) electrons. The Labute approximate surface area is 129 Å². The fraction of sp³-hybridized carbons (Fsp3) is 1.00. The first-order chi connectivity index (χ1) is 10.2. The Kier molecular flexibility index (Phi) is 1.52. The van der Waals surface area contributed by atoms with E-state index >= 15 is 0 Å². The molecule has 0 atom stereocenters. The Morgan fingerprint density at radius 2 is 0.429 bits per heavy atom. The van der Waals surface area contributed by atoms with Crippen LogP contribution in [0.3, 0.4) is 0 Å². The van der Waals surface area contributed by atoms with E-state index in [0.29, 0.717) is 0 Å². The summed E-state index contributed by atoms with van der Waals surface area (Å²) in [5, 5.41) is 0. The van der Waals surface area contributed by atoms with Crippen LogP contribution in [-0.4, -0.2) is 0 Å². The largest absolute Gasteiger partial charge is 0.0522 e. The molecule has 0 amide bonds. The maximum Gasteiger partial charge on any atom is -0.0173 e. The van der Waals surface area contributed by atoms with Crippen LogP contribution in [0.25, 0.3) is 0 Å². The zero-order valence-electron chi connectivity index (χ0n) is 13.6. The highest BCUT2D eigenvalue weighted by Gasteiger charge is 2.94. The summed E-state index contributed by atoms with van der Waals surface area (Å²) >= 11 is 0. The first-order valence-electron chi connectivity index (χ1n) is 10.2. The summed E-state index contributed by atoms with van der Waals surface area (Å²) in [6, 6.07) is 0. The standard InChI is InChI=1S/C21H30/c1-4-16(5-1)19(10-11-19)17(6-2-7-17)21(14-15-21)18(8-3-9-18)20(16)12-13-20/h1-15H2. The summed E-state index contributed by atoms with van der Waals surface area (Å²) in [5.41, 5.74) is 5.33. The molecule has 0 aromatic carbocycles. The van der Waals surface area contributed by atoms with Crippen molar-refractivity contribution in [1.82, 2.24) is 0 Å². The first-order valence-corrected chi connectivity index (χ1v) is 10.2. The predicted molar refractivity (Wildman–Crippen MR) is 83.9 cm³/mol. The third-order valence-corrected chi connectivity index (χ3v) is 11.4. The van der Waals surface area contributed by atoms with Gasteiger partial charge in [0, 0.05) is 0 Å². The van der Waals surface area contributed by atoms with Gasteiger partial charge in [-0.3, -0.25) is 0 Å². The molecule has 114 valence electrons. The van der Waals surface area contributed by atoms with Gasteiger partial charge in [-0.25, -0.2) is 0 Å². The summed E-state index contributed by atoms with van der Waals surface area (Å²) in [5.74, 6) is 0. The van der Waals surface area contributed by atoms with Gasteiger partial charge in [0.2, 0.25) is 0 Å². The van der Waals surface area contributed by atoms with Crippen LogP contribution in [-0.2, 0) is 0 Å². The second kappa shape index (κ2) is 2.78. The van der Waals surface area contributed by atoms with E-state index in [2.05, 4.69) is 0 Å². The highest BCUT2D eigenvalue weighted by Crippen LogP contribution is 3.02. The van der Waals surface area contributed by atoms with E-state index in [1.807, 2.05) is 0 Å². The minimum absolute atomic E-state index is 0.884. The number of rotatable bonds is 0. The lowest BCUT2D eigenvalue weighted by molar-refractivity contribution is -0.313. The SMILES string of the molecule is C1CC2(C1)C1(CC1)C1(CCC1)C1(CC1)C1(CCC1)C21CC1. The molecule has 0 unspecified atom stereocenters. The molecule has 0 aromatic rings. The van der Waals surface area contributed by atoms with Gasteiger partial charge in [0.15, 0.2) is 0 Å². The van der Waals surface area contributed by atoms with Crippen LogP contribution in [0, 0.1) is 32.5 Å². The fourth-order valence-corrected chi connectivity index (χ4v) is 10.5. The van der Waals surface area contributed by atoms with Crippen LogP contribution in [0.15, 0.2) is 0 Å². The molecule has 0 aromatic heterocycles. The van der Waals surface area contributed by atoms with Crippen LogP contribution in [0.2, 0.25) is 0 Å². The Bertz CT molecular complexity index is 438. The van der Waals surface area contributed by atoms with Crippen LogP contribution in [0.5, 0.6) is 0 Å². The summed E-state index contributed by atoms with van der Waals surface area (Å²) in [6.45, 7) is 0. The second-order valence-electron chi connectivity index (χ2n) is 10.6. The van der Waals surface area contributed by atoms with E-state index in [9.17, 15) is 0 Å². The van der Waals surface area contributed by atoms with E-state index in [1.54, 1.807) is 96.3 Å². The van der Waals surface area contributed by atoms with Crippen molar-refractivity contribution in [2.75, 3.05) is 0 Å². The van der Waals surface area contributed by atoms with Crippen LogP contribution in [0.1, 0.15) is 96.3 Å². The zero-order chi connectivity index (χ0) is 13.6. The Morgan fingerprint density at radius 3 is 0.524 bits per heavy atom. The van der Waals surface area contributed by atoms with E-state index < -0.39 is 0 Å².